The van der Waals surface area contributed by atoms with Gasteiger partial charge in [-0.3, -0.25) is 14.3 Å². The number of nitrogens with zero attached hydrogens (tertiary/aromatic N) is 6. The molecule has 1 fully saturated rings. The van der Waals surface area contributed by atoms with Crippen molar-refractivity contribution in [3.05, 3.63) is 47.8 Å². The molecular formula is C27H31ClF2N8O4. The molecule has 15 heteroatoms. The second-order valence-corrected chi connectivity index (χ2v) is 9.85. The van der Waals surface area contributed by atoms with Crippen LogP contribution in [0, 0.1) is 0 Å². The smallest absolute Gasteiger partial charge is 0.387 e. The number of rotatable bonds is 13. The number of alkyl halides is 2. The summed E-state index contributed by atoms with van der Waals surface area (Å²) >= 11 is 6.21. The second-order valence-electron chi connectivity index (χ2n) is 9.41. The number of aliphatic carboxylic acids is 1. The molecule has 1 aromatic carbocycles. The molecule has 224 valence electrons. The Kier molecular flexibility index (Phi) is 10.4. The predicted octanol–water partition coefficient (Wildman–Crippen LogP) is 4.22. The summed E-state index contributed by atoms with van der Waals surface area (Å²) in [7, 11) is 0. The molecule has 3 N–H and O–H groups in total. The minimum absolute atomic E-state index is 0.0728. The zero-order chi connectivity index (χ0) is 30.2. The average Bonchev–Trinajstić information content (AvgIpc) is 3.56. The Morgan fingerprint density at radius 2 is 2.07 bits per heavy atom. The fourth-order valence-corrected chi connectivity index (χ4v) is 4.81. The van der Waals surface area contributed by atoms with Crippen LogP contribution in [-0.2, 0) is 11.3 Å². The van der Waals surface area contributed by atoms with Crippen molar-refractivity contribution in [1.82, 2.24) is 29.8 Å². The van der Waals surface area contributed by atoms with Gasteiger partial charge in [0.2, 0.25) is 0 Å². The van der Waals surface area contributed by atoms with Crippen molar-refractivity contribution in [2.24, 2.45) is 4.99 Å². The molecule has 4 rings (SSSR count). The number of piperidine rings is 1. The maximum Gasteiger partial charge on any atom is 0.387 e. The Hall–Kier alpha value is -4.14. The van der Waals surface area contributed by atoms with Crippen LogP contribution in [0.1, 0.15) is 30.1 Å². The summed E-state index contributed by atoms with van der Waals surface area (Å²) in [6, 6.07) is 4.32. The number of carbonyl (C=O) groups excluding carboxylic acids is 1. The Labute approximate surface area is 245 Å². The number of nitrogens with one attached hydrogen (secondary N) is 2. The van der Waals surface area contributed by atoms with Crippen LogP contribution < -0.4 is 15.4 Å². The number of hydrogen-bond acceptors (Lipinski definition) is 8. The number of halogens is 3. The van der Waals surface area contributed by atoms with E-state index in [1.807, 2.05) is 0 Å². The Balaban J connectivity index is 1.59. The number of carboxylic acid groups (broad SMARTS) is 1. The molecule has 0 aliphatic carbocycles. The topological polar surface area (TPSA) is 139 Å². The van der Waals surface area contributed by atoms with E-state index in [0.717, 1.165) is 25.9 Å². The van der Waals surface area contributed by atoms with Crippen LogP contribution >= 0.6 is 11.6 Å². The van der Waals surface area contributed by atoms with E-state index in [1.54, 1.807) is 17.8 Å². The van der Waals surface area contributed by atoms with Crippen molar-refractivity contribution in [2.75, 3.05) is 31.5 Å². The molecule has 0 unspecified atom stereocenters. The predicted molar refractivity (Wildman–Crippen MR) is 155 cm³/mol. The zero-order valence-corrected chi connectivity index (χ0v) is 23.6. The summed E-state index contributed by atoms with van der Waals surface area (Å²) in [5.74, 6) is -1.31. The maximum atomic E-state index is 13.4. The normalized spacial score (nSPS) is 14.5. The lowest BCUT2D eigenvalue weighted by Gasteiger charge is -2.32. The van der Waals surface area contributed by atoms with Gasteiger partial charge in [-0.1, -0.05) is 18.2 Å². The minimum atomic E-state index is -3.09. The molecule has 0 saturated carbocycles. The number of ether oxygens (including phenoxy) is 1. The summed E-state index contributed by atoms with van der Waals surface area (Å²) in [5.41, 5.74) is 0.780. The molecule has 0 atom stereocenters. The maximum absolute atomic E-state index is 13.4. The van der Waals surface area contributed by atoms with Gasteiger partial charge in [0.1, 0.15) is 17.0 Å². The number of likely N-dealkylation sites (tertiary alicyclic amines) is 1. The van der Waals surface area contributed by atoms with E-state index in [4.69, 9.17) is 21.4 Å². The summed E-state index contributed by atoms with van der Waals surface area (Å²) in [5, 5.41) is 23.7. The molecule has 2 aromatic heterocycles. The molecule has 1 amide bonds. The highest BCUT2D eigenvalue weighted by atomic mass is 35.5. The number of carboxylic acids is 1. The van der Waals surface area contributed by atoms with Gasteiger partial charge in [0, 0.05) is 41.8 Å². The third kappa shape index (κ3) is 7.78. The second kappa shape index (κ2) is 14.2. The lowest BCUT2D eigenvalue weighted by molar-refractivity contribution is -0.136. The van der Waals surface area contributed by atoms with Crippen molar-refractivity contribution in [3.8, 4) is 17.0 Å². The van der Waals surface area contributed by atoms with Gasteiger partial charge in [-0.2, -0.15) is 19.0 Å². The molecule has 3 heterocycles. The Morgan fingerprint density at radius 1 is 1.31 bits per heavy atom. The van der Waals surface area contributed by atoms with Crippen molar-refractivity contribution < 1.29 is 28.2 Å². The third-order valence-corrected chi connectivity index (χ3v) is 6.87. The van der Waals surface area contributed by atoms with Gasteiger partial charge in [-0.25, -0.2) is 9.67 Å². The first-order valence-corrected chi connectivity index (χ1v) is 13.6. The molecule has 1 saturated heterocycles. The molecular weight excluding hydrogens is 574 g/mol. The van der Waals surface area contributed by atoms with Crippen molar-refractivity contribution >= 4 is 47.4 Å². The highest BCUT2D eigenvalue weighted by Gasteiger charge is 2.24. The van der Waals surface area contributed by atoms with Gasteiger partial charge in [0.25, 0.3) is 5.91 Å². The highest BCUT2D eigenvalue weighted by molar-refractivity contribution is 6.31. The number of hydrogen-bond donors (Lipinski definition) is 3. The molecule has 3 aromatic rings. The number of anilines is 1. The summed E-state index contributed by atoms with van der Waals surface area (Å²) in [6.45, 7) is 4.80. The number of amides is 1. The van der Waals surface area contributed by atoms with Crippen LogP contribution in [0.2, 0.25) is 5.02 Å². The Bertz CT molecular complexity index is 1450. The summed E-state index contributed by atoms with van der Waals surface area (Å²) in [4.78, 5) is 30.6. The summed E-state index contributed by atoms with van der Waals surface area (Å²) in [6.07, 6.45) is 7.49. The number of benzene rings is 1. The standard InChI is InChI=1S/C27H31ClF2N8O4/c1-3-31-25-20(14-33-38(25)4-2)26(41)34-21-16-37(12-11-36-9-7-18(8-10-36)32-15-23(39)40)35-24(21)19-13-17(28)5-6-22(19)42-27(29)30/h3-6,13-14,16,18,27,32H,2,7-12,15H2,1H3,(H,34,41)(H,39,40)/b31-3-. The fourth-order valence-electron chi connectivity index (χ4n) is 4.64. The van der Waals surface area contributed by atoms with Crippen LogP contribution in [0.5, 0.6) is 5.75 Å². The van der Waals surface area contributed by atoms with E-state index in [-0.39, 0.29) is 51.7 Å². The quantitative estimate of drug-likeness (QED) is 0.247. The minimum Gasteiger partial charge on any atom is -0.480 e. The first-order valence-electron chi connectivity index (χ1n) is 13.2. The van der Waals surface area contributed by atoms with Gasteiger partial charge in [0.15, 0.2) is 5.82 Å². The largest absolute Gasteiger partial charge is 0.480 e. The van der Waals surface area contributed by atoms with Gasteiger partial charge < -0.3 is 25.4 Å². The summed E-state index contributed by atoms with van der Waals surface area (Å²) < 4.78 is 34.2. The van der Waals surface area contributed by atoms with Crippen LogP contribution in [0.3, 0.4) is 0 Å². The van der Waals surface area contributed by atoms with E-state index in [1.165, 1.54) is 41.5 Å². The van der Waals surface area contributed by atoms with E-state index in [2.05, 4.69) is 37.3 Å². The SMILES string of the molecule is C=Cn1ncc(C(=O)Nc2cn(CCN3CCC(NCC(=O)O)CC3)nc2-c2cc(Cl)ccc2OC(F)F)c1/N=C\C. The van der Waals surface area contributed by atoms with Gasteiger partial charge in [-0.05, 0) is 51.1 Å². The van der Waals surface area contributed by atoms with Crippen molar-refractivity contribution in [1.29, 1.82) is 0 Å². The van der Waals surface area contributed by atoms with Crippen molar-refractivity contribution in [2.45, 2.75) is 39.0 Å². The lowest BCUT2D eigenvalue weighted by atomic mass is 10.1. The number of carbonyl (C=O) groups is 2. The molecule has 0 bridgehead atoms. The molecule has 42 heavy (non-hydrogen) atoms. The first kappa shape index (κ1) is 30.8. The third-order valence-electron chi connectivity index (χ3n) is 6.64. The first-order chi connectivity index (χ1) is 20.2. The number of aromatic nitrogens is 4. The molecule has 12 nitrogen and oxygen atoms in total. The van der Waals surface area contributed by atoms with Crippen LogP contribution in [0.25, 0.3) is 17.5 Å². The van der Waals surface area contributed by atoms with Gasteiger partial charge in [0.05, 0.1) is 25.0 Å². The Morgan fingerprint density at radius 3 is 2.74 bits per heavy atom. The van der Waals surface area contributed by atoms with Crippen LogP contribution in [0.15, 0.2) is 42.2 Å². The number of aliphatic imine (C=N–C) groups is 1. The molecule has 1 aliphatic heterocycles. The van der Waals surface area contributed by atoms with E-state index >= 15 is 0 Å². The van der Waals surface area contributed by atoms with Crippen LogP contribution in [0.4, 0.5) is 20.3 Å². The zero-order valence-electron chi connectivity index (χ0n) is 22.8. The molecule has 1 aliphatic rings. The van der Waals surface area contributed by atoms with Gasteiger partial charge in [-0.15, -0.1) is 0 Å². The van der Waals surface area contributed by atoms with E-state index < -0.39 is 18.5 Å². The fraction of sp³-hybridized carbons (Fsp3) is 0.370. The van der Waals surface area contributed by atoms with Crippen molar-refractivity contribution in [3.63, 3.8) is 0 Å². The highest BCUT2D eigenvalue weighted by Crippen LogP contribution is 2.37. The molecule has 0 radical (unpaired) electrons. The van der Waals surface area contributed by atoms with E-state index in [0.29, 0.717) is 13.1 Å². The van der Waals surface area contributed by atoms with Gasteiger partial charge >= 0.3 is 12.6 Å². The van der Waals surface area contributed by atoms with Crippen LogP contribution in [-0.4, -0.2) is 86.5 Å². The monoisotopic (exact) mass is 604 g/mol. The van der Waals surface area contributed by atoms with E-state index in [9.17, 15) is 18.4 Å². The average molecular weight is 605 g/mol. The molecule has 0 spiro atoms. The lowest BCUT2D eigenvalue weighted by Crippen LogP contribution is -2.44.